The van der Waals surface area contributed by atoms with Gasteiger partial charge in [0.15, 0.2) is 18.2 Å². The number of amides is 1. The molecule has 2 rings (SSSR count). The Bertz CT molecular complexity index is 744. The summed E-state index contributed by atoms with van der Waals surface area (Å²) in [6.07, 6.45) is 3.43. The topological polar surface area (TPSA) is 83.5 Å². The fourth-order valence-corrected chi connectivity index (χ4v) is 2.99. The lowest BCUT2D eigenvalue weighted by molar-refractivity contribution is -0.187. The van der Waals surface area contributed by atoms with Gasteiger partial charge in [-0.1, -0.05) is 12.2 Å². The molecule has 0 saturated carbocycles. The van der Waals surface area contributed by atoms with E-state index in [1.54, 1.807) is 32.1 Å². The molecule has 1 aliphatic heterocycles. The first kappa shape index (κ1) is 21.9. The Morgan fingerprint density at radius 1 is 1.21 bits per heavy atom. The van der Waals surface area contributed by atoms with Gasteiger partial charge in [0.2, 0.25) is 0 Å². The van der Waals surface area contributed by atoms with E-state index in [-0.39, 0.29) is 5.91 Å². The van der Waals surface area contributed by atoms with Crippen molar-refractivity contribution in [3.05, 3.63) is 29.3 Å². The number of benzene rings is 1. The summed E-state index contributed by atoms with van der Waals surface area (Å²) in [6.45, 7) is 3.50. The van der Waals surface area contributed by atoms with Crippen LogP contribution in [0.4, 0.5) is 0 Å². The molecule has 0 N–H and O–H groups in total. The van der Waals surface area contributed by atoms with E-state index in [1.165, 1.54) is 28.4 Å². The maximum absolute atomic E-state index is 12.5. The van der Waals surface area contributed by atoms with Crippen LogP contribution in [-0.4, -0.2) is 63.6 Å². The van der Waals surface area contributed by atoms with Gasteiger partial charge in [0.1, 0.15) is 11.5 Å². The predicted molar refractivity (Wildman–Crippen MR) is 102 cm³/mol. The molecule has 0 spiro atoms. The third-order valence-electron chi connectivity index (χ3n) is 4.40. The molecule has 0 aliphatic carbocycles. The quantitative estimate of drug-likeness (QED) is 0.495. The van der Waals surface area contributed by atoms with Gasteiger partial charge in [-0.15, -0.1) is 0 Å². The molecule has 0 bridgehead atoms. The zero-order valence-electron chi connectivity index (χ0n) is 17.1. The minimum absolute atomic E-state index is 0.330. The lowest BCUT2D eigenvalue weighted by Crippen LogP contribution is -2.41. The highest BCUT2D eigenvalue weighted by molar-refractivity contribution is 5.86. The molecule has 1 amide bonds. The second kappa shape index (κ2) is 9.18. The number of hydrogen-bond donors (Lipinski definition) is 0. The Balaban J connectivity index is 2.23. The van der Waals surface area contributed by atoms with Gasteiger partial charge < -0.3 is 18.9 Å². The minimum Gasteiger partial charge on any atom is -0.497 e. The predicted octanol–water partition coefficient (Wildman–Crippen LogP) is 2.46. The van der Waals surface area contributed by atoms with Gasteiger partial charge in [-0.25, -0.2) is 5.06 Å². The van der Waals surface area contributed by atoms with Gasteiger partial charge in [-0.05, 0) is 31.9 Å². The van der Waals surface area contributed by atoms with Crippen molar-refractivity contribution >= 4 is 18.3 Å². The third kappa shape index (κ3) is 4.89. The van der Waals surface area contributed by atoms with Gasteiger partial charge in [0.05, 0.1) is 33.0 Å². The van der Waals surface area contributed by atoms with E-state index >= 15 is 0 Å². The monoisotopic (exact) mass is 393 g/mol. The Morgan fingerprint density at radius 3 is 2.50 bits per heavy atom. The van der Waals surface area contributed by atoms with Crippen molar-refractivity contribution in [2.75, 3.05) is 28.4 Å². The molecule has 1 fully saturated rings. The highest BCUT2D eigenvalue weighted by Gasteiger charge is 2.45. The van der Waals surface area contributed by atoms with Crippen LogP contribution in [0.15, 0.2) is 18.2 Å². The third-order valence-corrected chi connectivity index (χ3v) is 4.40. The first-order chi connectivity index (χ1) is 13.3. The molecular weight excluding hydrogens is 366 g/mol. The van der Waals surface area contributed by atoms with Crippen LogP contribution >= 0.6 is 0 Å². The van der Waals surface area contributed by atoms with Crippen LogP contribution in [0.3, 0.4) is 0 Å². The molecule has 1 saturated heterocycles. The molecule has 0 unspecified atom stereocenters. The number of hydroxylamine groups is 2. The van der Waals surface area contributed by atoms with E-state index in [0.29, 0.717) is 29.0 Å². The van der Waals surface area contributed by atoms with Crippen LogP contribution in [0.1, 0.15) is 36.2 Å². The average Bonchev–Trinajstić information content (AvgIpc) is 3.00. The molecule has 1 heterocycles. The molecule has 28 heavy (non-hydrogen) atoms. The molecule has 1 aromatic rings. The molecule has 0 radical (unpaired) electrons. The van der Waals surface area contributed by atoms with Crippen molar-refractivity contribution in [3.8, 4) is 11.5 Å². The van der Waals surface area contributed by atoms with Gasteiger partial charge in [-0.3, -0.25) is 14.4 Å². The van der Waals surface area contributed by atoms with Crippen LogP contribution < -0.4 is 9.47 Å². The maximum Gasteiger partial charge on any atom is 0.277 e. The largest absolute Gasteiger partial charge is 0.497 e. The second-order valence-electron chi connectivity index (χ2n) is 6.70. The van der Waals surface area contributed by atoms with Gasteiger partial charge in [-0.2, -0.15) is 0 Å². The summed E-state index contributed by atoms with van der Waals surface area (Å²) in [7, 11) is 5.95. The maximum atomic E-state index is 12.5. The molecule has 2 atom stereocenters. The molecular formula is C20H27NO7. The van der Waals surface area contributed by atoms with Crippen LogP contribution in [0.25, 0.3) is 6.08 Å². The number of likely N-dealkylation sites (N-methyl/N-ethyl adjacent to an activating group) is 1. The average molecular weight is 393 g/mol. The normalized spacial score (nSPS) is 20.9. The molecule has 1 aromatic carbocycles. The zero-order chi connectivity index (χ0) is 20.9. The van der Waals surface area contributed by atoms with Gasteiger partial charge in [0, 0.05) is 13.1 Å². The lowest BCUT2D eigenvalue weighted by atomic mass is 10.0. The van der Waals surface area contributed by atoms with E-state index in [0.717, 1.165) is 11.3 Å². The molecule has 154 valence electrons. The van der Waals surface area contributed by atoms with E-state index in [4.69, 9.17) is 23.8 Å². The van der Waals surface area contributed by atoms with E-state index in [2.05, 4.69) is 0 Å². The minimum atomic E-state index is -0.888. The molecule has 8 nitrogen and oxygen atoms in total. The van der Waals surface area contributed by atoms with Crippen molar-refractivity contribution in [2.24, 2.45) is 0 Å². The van der Waals surface area contributed by atoms with Crippen LogP contribution in [0.2, 0.25) is 0 Å². The first-order valence-electron chi connectivity index (χ1n) is 8.81. The number of rotatable bonds is 8. The number of aldehydes is 1. The Morgan fingerprint density at radius 2 is 1.93 bits per heavy atom. The summed E-state index contributed by atoms with van der Waals surface area (Å²) in [5.41, 5.74) is 1.05. The number of ether oxygens (including phenoxy) is 4. The van der Waals surface area contributed by atoms with E-state index in [9.17, 15) is 9.59 Å². The van der Waals surface area contributed by atoms with Gasteiger partial charge >= 0.3 is 0 Å². The number of methoxy groups -OCH3 is 2. The highest BCUT2D eigenvalue weighted by atomic mass is 16.8. The van der Waals surface area contributed by atoms with Crippen molar-refractivity contribution in [1.82, 2.24) is 5.06 Å². The smallest absolute Gasteiger partial charge is 0.277 e. The van der Waals surface area contributed by atoms with Crippen molar-refractivity contribution < 1.29 is 33.4 Å². The van der Waals surface area contributed by atoms with E-state index < -0.39 is 18.0 Å². The van der Waals surface area contributed by atoms with Crippen LogP contribution in [0.5, 0.6) is 11.5 Å². The molecule has 8 heteroatoms. The number of carbonyl (C=O) groups excluding carboxylic acids is 2. The second-order valence-corrected chi connectivity index (χ2v) is 6.70. The van der Waals surface area contributed by atoms with E-state index in [1.807, 2.05) is 6.08 Å². The summed E-state index contributed by atoms with van der Waals surface area (Å²) in [6, 6.07) is 3.38. The summed E-state index contributed by atoms with van der Waals surface area (Å²) in [5.74, 6) is -0.229. The SMILES string of the molecule is COc1cc(/C=C/C[C@@H]2OC(C)(C)O[C@@H]2C(=O)N(C)OC)c(C=O)c(OC)c1. The standard InChI is InChI=1S/C20H27NO7/c1-20(2)27-16(18(28-20)19(23)21(3)26-6)9-7-8-13-10-14(24-4)11-17(25-5)15(13)12-22/h7-8,10-12,16,18H,9H2,1-6H3/b8-7+/t16-,18-/m0/s1. The highest BCUT2D eigenvalue weighted by Crippen LogP contribution is 2.32. The summed E-state index contributed by atoms with van der Waals surface area (Å²) >= 11 is 0. The number of nitrogens with zero attached hydrogens (tertiary/aromatic N) is 1. The number of carbonyl (C=O) groups is 2. The Kier molecular flexibility index (Phi) is 7.17. The first-order valence-corrected chi connectivity index (χ1v) is 8.81. The fraction of sp³-hybridized carbons (Fsp3) is 0.500. The molecule has 0 aromatic heterocycles. The summed E-state index contributed by atoms with van der Waals surface area (Å²) in [4.78, 5) is 28.9. The zero-order valence-corrected chi connectivity index (χ0v) is 17.1. The molecule has 1 aliphatic rings. The Hall–Kier alpha value is -2.42. The van der Waals surface area contributed by atoms with Gasteiger partial charge in [0.25, 0.3) is 5.91 Å². The lowest BCUT2D eigenvalue weighted by Gasteiger charge is -2.20. The summed E-state index contributed by atoms with van der Waals surface area (Å²) in [5, 5.41) is 1.11. The number of hydrogen-bond acceptors (Lipinski definition) is 7. The van der Waals surface area contributed by atoms with Crippen LogP contribution in [-0.2, 0) is 19.1 Å². The van der Waals surface area contributed by atoms with Crippen molar-refractivity contribution in [2.45, 2.75) is 38.3 Å². The fourth-order valence-electron chi connectivity index (χ4n) is 2.99. The van der Waals surface area contributed by atoms with Crippen LogP contribution in [0, 0.1) is 0 Å². The Labute approximate surface area is 164 Å². The summed E-state index contributed by atoms with van der Waals surface area (Å²) < 4.78 is 22.1. The van der Waals surface area contributed by atoms with Crippen molar-refractivity contribution in [3.63, 3.8) is 0 Å². The van der Waals surface area contributed by atoms with Crippen molar-refractivity contribution in [1.29, 1.82) is 0 Å².